The Morgan fingerprint density at radius 3 is 2.71 bits per heavy atom. The number of pyridine rings is 2. The van der Waals surface area contributed by atoms with Crippen LogP contribution in [0.15, 0.2) is 48.7 Å². The van der Waals surface area contributed by atoms with E-state index in [9.17, 15) is 9.90 Å². The van der Waals surface area contributed by atoms with Crippen molar-refractivity contribution in [3.05, 3.63) is 71.2 Å². The molecule has 1 aliphatic carbocycles. The maximum atomic E-state index is 13.1. The second-order valence-electron chi connectivity index (χ2n) is 10.3. The van der Waals surface area contributed by atoms with E-state index in [-0.39, 0.29) is 11.9 Å². The lowest BCUT2D eigenvalue weighted by Crippen LogP contribution is -2.48. The summed E-state index contributed by atoms with van der Waals surface area (Å²) < 4.78 is 0. The lowest BCUT2D eigenvalue weighted by Gasteiger charge is -2.39. The van der Waals surface area contributed by atoms with Crippen LogP contribution in [-0.4, -0.2) is 51.1 Å². The smallest absolute Gasteiger partial charge is 0.270 e. The van der Waals surface area contributed by atoms with Crippen LogP contribution in [-0.2, 0) is 12.1 Å². The number of carbonyl (C=O) groups excluding carboxylic acids is 1. The van der Waals surface area contributed by atoms with E-state index in [2.05, 4.69) is 39.2 Å². The standard InChI is InChI=1S/C28H35N5O2/c1-19-10-13-30-26(16-19)28(29)11-14-33(15-12-28)18-20-17-24(31-22-7-3-2-6-21(20)22)27(35)32-23-8-4-5-9-25(23)34/h2-3,6-7,10,13,16-17,23,25,34H,4-5,8-9,11-12,14-15,18,29H2,1H3,(H,32,35)/t23-,25-/m0/s1. The Balaban J connectivity index is 1.33. The third kappa shape index (κ3) is 5.22. The topological polar surface area (TPSA) is 104 Å². The average Bonchev–Trinajstić information content (AvgIpc) is 2.87. The molecule has 5 rings (SSSR count). The van der Waals surface area contributed by atoms with Gasteiger partial charge in [0, 0.05) is 31.2 Å². The number of nitrogens with two attached hydrogens (primary N) is 1. The third-order valence-electron chi connectivity index (χ3n) is 7.65. The number of nitrogens with one attached hydrogen (secondary N) is 1. The first-order valence-electron chi connectivity index (χ1n) is 12.7. The van der Waals surface area contributed by atoms with Gasteiger partial charge in [-0.25, -0.2) is 4.98 Å². The highest BCUT2D eigenvalue weighted by molar-refractivity contribution is 5.96. The van der Waals surface area contributed by atoms with Crippen LogP contribution in [0.4, 0.5) is 0 Å². The normalized spacial score (nSPS) is 22.7. The maximum absolute atomic E-state index is 13.1. The summed E-state index contributed by atoms with van der Waals surface area (Å²) in [7, 11) is 0. The molecule has 35 heavy (non-hydrogen) atoms. The molecule has 0 unspecified atom stereocenters. The van der Waals surface area contributed by atoms with Crippen LogP contribution >= 0.6 is 0 Å². The van der Waals surface area contributed by atoms with E-state index in [1.165, 1.54) is 5.56 Å². The third-order valence-corrected chi connectivity index (χ3v) is 7.65. The Hall–Kier alpha value is -2.87. The molecule has 7 nitrogen and oxygen atoms in total. The van der Waals surface area contributed by atoms with E-state index in [4.69, 9.17) is 5.73 Å². The SMILES string of the molecule is Cc1ccnc(C2(N)CCN(Cc3cc(C(=O)N[C@H]4CCCC[C@@H]4O)nc4ccccc34)CC2)c1. The largest absolute Gasteiger partial charge is 0.391 e. The summed E-state index contributed by atoms with van der Waals surface area (Å²) in [5.74, 6) is -0.215. The zero-order valence-electron chi connectivity index (χ0n) is 20.4. The molecule has 2 fully saturated rings. The van der Waals surface area contributed by atoms with E-state index < -0.39 is 11.6 Å². The van der Waals surface area contributed by atoms with Gasteiger partial charge in [-0.2, -0.15) is 0 Å². The second-order valence-corrected chi connectivity index (χ2v) is 10.3. The van der Waals surface area contributed by atoms with Gasteiger partial charge in [0.15, 0.2) is 0 Å². The van der Waals surface area contributed by atoms with Crippen molar-refractivity contribution in [3.8, 4) is 0 Å². The molecule has 1 saturated carbocycles. The summed E-state index contributed by atoms with van der Waals surface area (Å²) in [6, 6.07) is 13.8. The van der Waals surface area contributed by atoms with Crippen molar-refractivity contribution in [2.24, 2.45) is 5.73 Å². The van der Waals surface area contributed by atoms with E-state index >= 15 is 0 Å². The number of aliphatic hydroxyl groups excluding tert-OH is 1. The molecule has 1 aliphatic heterocycles. The molecule has 2 aliphatic rings. The molecular weight excluding hydrogens is 438 g/mol. The second kappa shape index (κ2) is 10.0. The molecule has 184 valence electrons. The number of hydrogen-bond acceptors (Lipinski definition) is 6. The predicted octanol–water partition coefficient (Wildman–Crippen LogP) is 3.42. The van der Waals surface area contributed by atoms with E-state index in [0.29, 0.717) is 5.69 Å². The minimum Gasteiger partial charge on any atom is -0.391 e. The Morgan fingerprint density at radius 2 is 1.94 bits per heavy atom. The molecule has 3 aromatic rings. The van der Waals surface area contributed by atoms with Crippen LogP contribution in [0.3, 0.4) is 0 Å². The van der Waals surface area contributed by atoms with Crippen molar-refractivity contribution in [1.29, 1.82) is 0 Å². The Morgan fingerprint density at radius 1 is 1.17 bits per heavy atom. The number of benzene rings is 1. The molecule has 2 aromatic heterocycles. The van der Waals surface area contributed by atoms with Crippen LogP contribution in [0, 0.1) is 6.92 Å². The highest BCUT2D eigenvalue weighted by atomic mass is 16.3. The number of fused-ring (bicyclic) bond motifs is 1. The Kier molecular flexibility index (Phi) is 6.82. The van der Waals surface area contributed by atoms with Crippen molar-refractivity contribution in [1.82, 2.24) is 20.2 Å². The minimum absolute atomic E-state index is 0.206. The summed E-state index contributed by atoms with van der Waals surface area (Å²) in [5, 5.41) is 14.4. The van der Waals surface area contributed by atoms with Gasteiger partial charge in [0.05, 0.1) is 28.9 Å². The van der Waals surface area contributed by atoms with Gasteiger partial charge in [-0.05, 0) is 68.0 Å². The van der Waals surface area contributed by atoms with Crippen LogP contribution in [0.5, 0.6) is 0 Å². The van der Waals surface area contributed by atoms with Gasteiger partial charge in [-0.15, -0.1) is 0 Å². The van der Waals surface area contributed by atoms with Crippen LogP contribution in [0.2, 0.25) is 0 Å². The first-order chi connectivity index (χ1) is 16.9. The quantitative estimate of drug-likeness (QED) is 0.525. The number of likely N-dealkylation sites (tertiary alicyclic amines) is 1. The lowest BCUT2D eigenvalue weighted by molar-refractivity contribution is 0.0714. The molecule has 0 radical (unpaired) electrons. The summed E-state index contributed by atoms with van der Waals surface area (Å²) in [6.07, 6.45) is 6.58. The molecule has 0 bridgehead atoms. The highest BCUT2D eigenvalue weighted by Gasteiger charge is 2.34. The van der Waals surface area contributed by atoms with Crippen LogP contribution in [0.25, 0.3) is 10.9 Å². The number of piperidine rings is 1. The van der Waals surface area contributed by atoms with Gasteiger partial charge < -0.3 is 16.2 Å². The molecule has 1 amide bonds. The van der Waals surface area contributed by atoms with Gasteiger partial charge in [0.2, 0.25) is 0 Å². The van der Waals surface area contributed by atoms with Gasteiger partial charge >= 0.3 is 0 Å². The fourth-order valence-corrected chi connectivity index (χ4v) is 5.43. The number of para-hydroxylation sites is 1. The molecule has 4 N–H and O–H groups in total. The zero-order chi connectivity index (χ0) is 24.4. The van der Waals surface area contributed by atoms with Crippen molar-refractivity contribution in [3.63, 3.8) is 0 Å². The first-order valence-corrected chi connectivity index (χ1v) is 12.7. The van der Waals surface area contributed by atoms with Crippen LogP contribution < -0.4 is 11.1 Å². The van der Waals surface area contributed by atoms with Gasteiger partial charge in [-0.3, -0.25) is 14.7 Å². The van der Waals surface area contributed by atoms with Gasteiger partial charge in [-0.1, -0.05) is 31.0 Å². The minimum atomic E-state index is -0.486. The van der Waals surface area contributed by atoms with Crippen molar-refractivity contribution in [2.75, 3.05) is 13.1 Å². The number of amides is 1. The fraction of sp³-hybridized carbons (Fsp3) is 0.464. The average molecular weight is 474 g/mol. The number of nitrogens with zero attached hydrogens (tertiary/aromatic N) is 3. The summed E-state index contributed by atoms with van der Waals surface area (Å²) in [4.78, 5) is 24.7. The number of aliphatic hydroxyl groups is 1. The van der Waals surface area contributed by atoms with Gasteiger partial charge in [0.25, 0.3) is 5.91 Å². The zero-order valence-corrected chi connectivity index (χ0v) is 20.4. The van der Waals surface area contributed by atoms with Crippen LogP contribution in [0.1, 0.15) is 65.8 Å². The van der Waals surface area contributed by atoms with E-state index in [0.717, 1.165) is 80.3 Å². The van der Waals surface area contributed by atoms with E-state index in [1.54, 1.807) is 0 Å². The van der Waals surface area contributed by atoms with Gasteiger partial charge in [0.1, 0.15) is 5.69 Å². The number of hydrogen-bond donors (Lipinski definition) is 3. The summed E-state index contributed by atoms with van der Waals surface area (Å²) >= 11 is 0. The Bertz CT molecular complexity index is 1200. The highest BCUT2D eigenvalue weighted by Crippen LogP contribution is 2.31. The molecule has 7 heteroatoms. The number of rotatable bonds is 5. The molecule has 1 aromatic carbocycles. The van der Waals surface area contributed by atoms with Crippen molar-refractivity contribution < 1.29 is 9.90 Å². The molecule has 3 heterocycles. The molecule has 1 saturated heterocycles. The summed E-state index contributed by atoms with van der Waals surface area (Å²) in [6.45, 7) is 4.52. The number of carbonyl (C=O) groups is 1. The maximum Gasteiger partial charge on any atom is 0.270 e. The Labute approximate surface area is 206 Å². The molecular formula is C28H35N5O2. The first kappa shape index (κ1) is 23.9. The fourth-order valence-electron chi connectivity index (χ4n) is 5.43. The number of aryl methyl sites for hydroxylation is 1. The molecule has 2 atom stereocenters. The monoisotopic (exact) mass is 473 g/mol. The van der Waals surface area contributed by atoms with Crippen molar-refractivity contribution >= 4 is 16.8 Å². The summed E-state index contributed by atoms with van der Waals surface area (Å²) in [5.41, 5.74) is 10.8. The number of aromatic nitrogens is 2. The lowest BCUT2D eigenvalue weighted by atomic mass is 9.84. The van der Waals surface area contributed by atoms with Crippen molar-refractivity contribution in [2.45, 2.75) is 69.7 Å². The van der Waals surface area contributed by atoms with E-state index in [1.807, 2.05) is 36.5 Å². The predicted molar refractivity (Wildman–Crippen MR) is 137 cm³/mol. The molecule has 0 spiro atoms.